The van der Waals surface area contributed by atoms with Gasteiger partial charge in [0.15, 0.2) is 0 Å². The zero-order valence-electron chi connectivity index (χ0n) is 29.9. The fourth-order valence-electron chi connectivity index (χ4n) is 8.77. The molecule has 0 aliphatic carbocycles. The van der Waals surface area contributed by atoms with Crippen LogP contribution >= 0.6 is 0 Å². The minimum atomic E-state index is -0.452. The van der Waals surface area contributed by atoms with E-state index >= 15 is 0 Å². The second-order valence-electron chi connectivity index (χ2n) is 15.2. The van der Waals surface area contributed by atoms with Crippen molar-refractivity contribution in [1.29, 1.82) is 0 Å². The fourth-order valence-corrected chi connectivity index (χ4v) is 8.77. The Morgan fingerprint density at radius 1 is 0.491 bits per heavy atom. The zero-order valence-corrected chi connectivity index (χ0v) is 29.9. The van der Waals surface area contributed by atoms with E-state index in [1.807, 2.05) is 12.1 Å². The molecule has 6 nitrogen and oxygen atoms in total. The van der Waals surface area contributed by atoms with Gasteiger partial charge >= 0.3 is 0 Å². The van der Waals surface area contributed by atoms with Crippen LogP contribution in [0.15, 0.2) is 144 Å². The summed E-state index contributed by atoms with van der Waals surface area (Å²) in [5.74, 6) is 1.45. The predicted octanol–water partition coefficient (Wildman–Crippen LogP) is 12.2. The highest BCUT2D eigenvalue weighted by Gasteiger charge is 2.54. The molecule has 0 fully saturated rings. The Kier molecular flexibility index (Phi) is 5.98. The Morgan fingerprint density at radius 2 is 1.11 bits per heavy atom. The summed E-state index contributed by atoms with van der Waals surface area (Å²) < 4.78 is 8.91. The first-order valence-corrected chi connectivity index (χ1v) is 18.2. The van der Waals surface area contributed by atoms with Crippen LogP contribution in [0.3, 0.4) is 0 Å². The topological polar surface area (TPSA) is 60.0 Å². The van der Waals surface area contributed by atoms with Gasteiger partial charge in [-0.3, -0.25) is 4.90 Å². The number of aromatic nitrogens is 4. The van der Waals surface area contributed by atoms with Gasteiger partial charge in [-0.05, 0) is 56.0 Å². The molecule has 4 heterocycles. The Hall–Kier alpha value is -6.53. The van der Waals surface area contributed by atoms with Gasteiger partial charge in [-0.2, -0.15) is 0 Å². The molecule has 0 atom stereocenters. The molecule has 1 aliphatic heterocycles. The predicted molar refractivity (Wildman–Crippen MR) is 218 cm³/mol. The summed E-state index contributed by atoms with van der Waals surface area (Å²) >= 11 is 0. The molecule has 254 valence electrons. The van der Waals surface area contributed by atoms with E-state index in [9.17, 15) is 0 Å². The van der Waals surface area contributed by atoms with E-state index in [-0.39, 0.29) is 0 Å². The molecule has 0 N–H and O–H groups in total. The molecule has 0 bridgehead atoms. The molecule has 3 aromatic heterocycles. The third-order valence-electron chi connectivity index (χ3n) is 12.0. The molecule has 53 heavy (non-hydrogen) atoms. The fraction of sp³-hybridized carbons (Fsp3) is 0.128. The lowest BCUT2D eigenvalue weighted by Gasteiger charge is -2.40. The molecule has 11 rings (SSSR count). The molecule has 7 aromatic carbocycles. The monoisotopic (exact) mass is 685 g/mol. The first-order chi connectivity index (χ1) is 25.8. The highest BCUT2D eigenvalue weighted by atomic mass is 16.3. The van der Waals surface area contributed by atoms with Gasteiger partial charge < -0.3 is 8.98 Å². The van der Waals surface area contributed by atoms with Crippen molar-refractivity contribution in [2.24, 2.45) is 0 Å². The van der Waals surface area contributed by atoms with Crippen molar-refractivity contribution in [2.75, 3.05) is 4.90 Å². The van der Waals surface area contributed by atoms with Crippen molar-refractivity contribution in [3.63, 3.8) is 0 Å². The van der Waals surface area contributed by atoms with Crippen molar-refractivity contribution in [3.8, 4) is 22.4 Å². The van der Waals surface area contributed by atoms with Gasteiger partial charge in [-0.15, -0.1) is 0 Å². The van der Waals surface area contributed by atoms with Crippen molar-refractivity contribution in [1.82, 2.24) is 19.5 Å². The molecule has 0 saturated heterocycles. The number of fused-ring (bicyclic) bond motifs is 12. The first-order valence-electron chi connectivity index (χ1n) is 18.2. The lowest BCUT2D eigenvalue weighted by atomic mass is 9.82. The number of benzene rings is 7. The summed E-state index contributed by atoms with van der Waals surface area (Å²) in [6.07, 6.45) is 0. The first kappa shape index (κ1) is 30.1. The van der Waals surface area contributed by atoms with E-state index in [1.165, 1.54) is 10.8 Å². The van der Waals surface area contributed by atoms with Gasteiger partial charge in [0.25, 0.3) is 0 Å². The molecule has 0 radical (unpaired) electrons. The molecule has 0 amide bonds. The third kappa shape index (κ3) is 3.95. The maximum Gasteiger partial charge on any atom is 0.234 e. The van der Waals surface area contributed by atoms with Gasteiger partial charge in [0.05, 0.1) is 33.3 Å². The van der Waals surface area contributed by atoms with Crippen LogP contribution in [0.5, 0.6) is 0 Å². The van der Waals surface area contributed by atoms with Gasteiger partial charge in [-0.25, -0.2) is 15.0 Å². The normalized spacial score (nSPS) is 15.1. The van der Waals surface area contributed by atoms with Crippen LogP contribution in [-0.4, -0.2) is 25.1 Å². The summed E-state index contributed by atoms with van der Waals surface area (Å²) in [6.45, 7) is 9.15. The van der Waals surface area contributed by atoms with Crippen LogP contribution in [0.4, 0.5) is 11.9 Å². The van der Waals surface area contributed by atoms with Crippen molar-refractivity contribution >= 4 is 77.3 Å². The Labute approximate surface area is 306 Å². The van der Waals surface area contributed by atoms with E-state index in [4.69, 9.17) is 19.4 Å². The number of furan rings is 1. The van der Waals surface area contributed by atoms with Crippen molar-refractivity contribution in [3.05, 3.63) is 140 Å². The van der Waals surface area contributed by atoms with E-state index < -0.39 is 11.1 Å². The molecule has 0 saturated carbocycles. The van der Waals surface area contributed by atoms with Gasteiger partial charge in [0.1, 0.15) is 11.2 Å². The molecule has 6 heteroatoms. The van der Waals surface area contributed by atoms with Gasteiger partial charge in [0.2, 0.25) is 11.9 Å². The van der Waals surface area contributed by atoms with Crippen LogP contribution in [0.1, 0.15) is 27.7 Å². The summed E-state index contributed by atoms with van der Waals surface area (Å²) in [5, 5.41) is 7.89. The molecule has 0 spiro atoms. The Bertz CT molecular complexity index is 3130. The number of hydrogen-bond donors (Lipinski definition) is 0. The molecule has 0 unspecified atom stereocenters. The summed E-state index contributed by atoms with van der Waals surface area (Å²) in [7, 11) is 0. The molecular formula is C47H35N5O. The highest BCUT2D eigenvalue weighted by Crippen LogP contribution is 2.53. The molecule has 10 aromatic rings. The third-order valence-corrected chi connectivity index (χ3v) is 12.0. The Balaban J connectivity index is 1.22. The number of hydrogen-bond acceptors (Lipinski definition) is 5. The molecule has 1 aliphatic rings. The number of rotatable bonds is 3. The van der Waals surface area contributed by atoms with Crippen LogP contribution in [0.2, 0.25) is 0 Å². The number of imidazole rings is 1. The maximum absolute atomic E-state index is 6.53. The SMILES string of the molecule is CC1(C)N(c2nc(-c3ccccc3)c3c4ccccc4c4ccccc4c3n2)c2nc3c(-c4cccc5c4oc4ccccc45)cccc3n2C1(C)C. The van der Waals surface area contributed by atoms with Gasteiger partial charge in [0, 0.05) is 38.2 Å². The summed E-state index contributed by atoms with van der Waals surface area (Å²) in [5.41, 5.74) is 7.84. The average molecular weight is 686 g/mol. The van der Waals surface area contributed by atoms with E-state index in [0.717, 1.165) is 83.0 Å². The highest BCUT2D eigenvalue weighted by molar-refractivity contribution is 6.27. The van der Waals surface area contributed by atoms with Crippen LogP contribution in [-0.2, 0) is 5.54 Å². The molecular weight excluding hydrogens is 651 g/mol. The summed E-state index contributed by atoms with van der Waals surface area (Å²) in [4.78, 5) is 18.9. The van der Waals surface area contributed by atoms with E-state index in [0.29, 0.717) is 5.95 Å². The van der Waals surface area contributed by atoms with E-state index in [1.54, 1.807) is 0 Å². The number of para-hydroxylation sites is 3. The lowest BCUT2D eigenvalue weighted by molar-refractivity contribution is 0.251. The standard InChI is InChI=1S/C47H35N5O/c1-46(2)47(3,4)52(45-50-41-34(23-15-26-37(41)51(45)46)36-25-14-24-35-31-20-12-13-27-38(31)53-43(35)36)44-48-40(28-16-6-5-7-17-28)39-32-21-10-8-18-29(32)30-19-9-11-22-33(30)42(39)49-44/h5-27H,1-4H3. The zero-order chi connectivity index (χ0) is 35.6. The average Bonchev–Trinajstić information content (AvgIpc) is 3.81. The van der Waals surface area contributed by atoms with Crippen LogP contribution < -0.4 is 4.90 Å². The number of nitrogens with zero attached hydrogens (tertiary/aromatic N) is 5. The number of anilines is 2. The largest absolute Gasteiger partial charge is 0.455 e. The quantitative estimate of drug-likeness (QED) is 0.173. The second kappa shape index (κ2) is 10.5. The van der Waals surface area contributed by atoms with Crippen LogP contribution in [0, 0.1) is 0 Å². The second-order valence-corrected chi connectivity index (χ2v) is 15.2. The Morgan fingerprint density at radius 3 is 1.91 bits per heavy atom. The van der Waals surface area contributed by atoms with Crippen LogP contribution in [0.25, 0.3) is 87.8 Å². The van der Waals surface area contributed by atoms with Crippen molar-refractivity contribution in [2.45, 2.75) is 38.8 Å². The summed E-state index contributed by atoms with van der Waals surface area (Å²) in [6, 6.07) is 48.9. The maximum atomic E-state index is 6.53. The van der Waals surface area contributed by atoms with E-state index in [2.05, 4.69) is 165 Å². The lowest BCUT2D eigenvalue weighted by Crippen LogP contribution is -2.51. The van der Waals surface area contributed by atoms with Crippen molar-refractivity contribution < 1.29 is 4.42 Å². The van der Waals surface area contributed by atoms with Gasteiger partial charge in [-0.1, -0.05) is 127 Å². The minimum Gasteiger partial charge on any atom is -0.455 e. The smallest absolute Gasteiger partial charge is 0.234 e. The minimum absolute atomic E-state index is 0.391.